The van der Waals surface area contributed by atoms with Gasteiger partial charge in [-0.05, 0) is 12.8 Å². The van der Waals surface area contributed by atoms with Crippen LogP contribution < -0.4 is 0 Å². The average Bonchev–Trinajstić information content (AvgIpc) is 2.49. The first-order valence-corrected chi connectivity index (χ1v) is 6.30. The maximum atomic E-state index is 10.7. The van der Waals surface area contributed by atoms with Gasteiger partial charge in [0.25, 0.3) is 0 Å². The van der Waals surface area contributed by atoms with Gasteiger partial charge in [-0.15, -0.1) is 0 Å². The van der Waals surface area contributed by atoms with E-state index in [2.05, 4.69) is 11.3 Å². The van der Waals surface area contributed by atoms with Crippen molar-refractivity contribution in [2.45, 2.75) is 19.8 Å². The van der Waals surface area contributed by atoms with Crippen molar-refractivity contribution >= 4 is 11.9 Å². The number of aliphatic carboxylic acids is 1. The Morgan fingerprint density at radius 2 is 1.67 bits per heavy atom. The molecule has 0 aliphatic carbocycles. The lowest BCUT2D eigenvalue weighted by molar-refractivity contribution is -0.136. The molecule has 4 N–H and O–H groups in total. The Kier molecular flexibility index (Phi) is 12.4. The van der Waals surface area contributed by atoms with E-state index in [1.807, 2.05) is 6.92 Å². The van der Waals surface area contributed by atoms with Crippen LogP contribution in [0.4, 0.5) is 0 Å². The monoisotopic (exact) mass is 304 g/mol. The predicted octanol–water partition coefficient (Wildman–Crippen LogP) is 0.106. The second kappa shape index (κ2) is 12.1. The van der Waals surface area contributed by atoms with Gasteiger partial charge in [-0.1, -0.05) is 19.6 Å². The lowest BCUT2D eigenvalue weighted by Gasteiger charge is -2.24. The van der Waals surface area contributed by atoms with Crippen LogP contribution in [0.15, 0.2) is 24.3 Å². The number of carbonyl (C=O) groups is 2. The summed E-state index contributed by atoms with van der Waals surface area (Å²) in [7, 11) is 1.24. The van der Waals surface area contributed by atoms with E-state index >= 15 is 0 Å². The lowest BCUT2D eigenvalue weighted by Crippen LogP contribution is -2.32. The van der Waals surface area contributed by atoms with Gasteiger partial charge in [-0.25, -0.2) is 9.59 Å². The Bertz CT molecular complexity index is 339. The summed E-state index contributed by atoms with van der Waals surface area (Å²) in [4.78, 5) is 20.7. The zero-order chi connectivity index (χ0) is 16.9. The second-order valence-corrected chi connectivity index (χ2v) is 4.37. The van der Waals surface area contributed by atoms with Crippen molar-refractivity contribution in [2.24, 2.45) is 5.41 Å². The van der Waals surface area contributed by atoms with Gasteiger partial charge in [0.2, 0.25) is 0 Å². The maximum Gasteiger partial charge on any atom is 0.333 e. The Morgan fingerprint density at radius 3 is 1.90 bits per heavy atom. The molecule has 0 saturated heterocycles. The normalized spacial score (nSPS) is 10.7. The fourth-order valence-corrected chi connectivity index (χ4v) is 1.02. The van der Waals surface area contributed by atoms with Gasteiger partial charge < -0.3 is 25.2 Å². The summed E-state index contributed by atoms with van der Waals surface area (Å²) in [5.74, 6) is -1.57. The molecule has 7 heteroatoms. The van der Waals surface area contributed by atoms with Crippen LogP contribution in [0.5, 0.6) is 0 Å². The van der Waals surface area contributed by atoms with Crippen LogP contribution in [0, 0.1) is 5.41 Å². The number of methoxy groups -OCH3 is 1. The fourth-order valence-electron chi connectivity index (χ4n) is 1.02. The van der Waals surface area contributed by atoms with Gasteiger partial charge in [0.1, 0.15) is 0 Å². The lowest BCUT2D eigenvalue weighted by atomic mass is 9.88. The Balaban J connectivity index is 0. The van der Waals surface area contributed by atoms with Crippen LogP contribution >= 0.6 is 0 Å². The molecule has 0 atom stereocenters. The molecule has 0 aromatic heterocycles. The van der Waals surface area contributed by atoms with Gasteiger partial charge >= 0.3 is 11.9 Å². The van der Waals surface area contributed by atoms with Crippen molar-refractivity contribution in [1.29, 1.82) is 0 Å². The summed E-state index contributed by atoms with van der Waals surface area (Å²) in [6, 6.07) is 0. The Labute approximate surface area is 124 Å². The molecule has 0 bridgehead atoms. The number of aliphatic hydroxyl groups excluding tert-OH is 3. The third kappa shape index (κ3) is 9.78. The van der Waals surface area contributed by atoms with Gasteiger partial charge in [0, 0.05) is 17.1 Å². The highest BCUT2D eigenvalue weighted by Gasteiger charge is 2.24. The Hall–Kier alpha value is -1.70. The van der Waals surface area contributed by atoms with E-state index in [4.69, 9.17) is 20.4 Å². The third-order valence-electron chi connectivity index (χ3n) is 2.85. The topological polar surface area (TPSA) is 124 Å². The standard InChI is InChI=1S/C8H10O4.C6H14O3/c1-6(8(11)12-2)4-3-5-7(9)10;1-2-6(3-7,4-8)5-9/h3,5H,1,4H2,2H3,(H,9,10);7-9H,2-5H2,1H3. The fraction of sp³-hybridized carbons (Fsp3) is 0.571. The number of carbonyl (C=O) groups excluding carboxylic acids is 1. The first-order valence-electron chi connectivity index (χ1n) is 6.30. The van der Waals surface area contributed by atoms with Crippen LogP contribution in [-0.2, 0) is 14.3 Å². The minimum atomic E-state index is -1.05. The van der Waals surface area contributed by atoms with Crippen LogP contribution in [-0.4, -0.2) is 59.3 Å². The number of hydrogen-bond acceptors (Lipinski definition) is 6. The summed E-state index contributed by atoms with van der Waals surface area (Å²) in [5, 5.41) is 34.2. The van der Waals surface area contributed by atoms with Gasteiger partial charge in [0.05, 0.1) is 26.9 Å². The molecular formula is C14H24O7. The molecule has 21 heavy (non-hydrogen) atoms. The SMILES string of the molecule is C=C(CC=CC(=O)O)C(=O)OC.CCC(CO)(CO)CO. The van der Waals surface area contributed by atoms with Crippen molar-refractivity contribution in [3.05, 3.63) is 24.3 Å². The first-order chi connectivity index (χ1) is 9.82. The molecule has 0 aromatic rings. The molecule has 0 amide bonds. The van der Waals surface area contributed by atoms with Crippen LogP contribution in [0.3, 0.4) is 0 Å². The molecule has 7 nitrogen and oxygen atoms in total. The van der Waals surface area contributed by atoms with Crippen LogP contribution in [0.1, 0.15) is 19.8 Å². The smallest absolute Gasteiger partial charge is 0.333 e. The van der Waals surface area contributed by atoms with Crippen molar-refractivity contribution < 1.29 is 34.8 Å². The predicted molar refractivity (Wildman–Crippen MR) is 76.5 cm³/mol. The molecule has 0 fully saturated rings. The number of aliphatic hydroxyl groups is 3. The Morgan fingerprint density at radius 1 is 1.19 bits per heavy atom. The van der Waals surface area contributed by atoms with Crippen LogP contribution in [0.2, 0.25) is 0 Å². The average molecular weight is 304 g/mol. The molecule has 0 heterocycles. The maximum absolute atomic E-state index is 10.7. The summed E-state index contributed by atoms with van der Waals surface area (Å²) >= 11 is 0. The number of ether oxygens (including phenoxy) is 1. The van der Waals surface area contributed by atoms with E-state index < -0.39 is 17.4 Å². The first kappa shape index (κ1) is 21.6. The minimum absolute atomic E-state index is 0.156. The van der Waals surface area contributed by atoms with E-state index in [1.54, 1.807) is 0 Å². The third-order valence-corrected chi connectivity index (χ3v) is 2.85. The summed E-state index contributed by atoms with van der Waals surface area (Å²) in [6.07, 6.45) is 3.07. The molecule has 0 aliphatic rings. The highest BCUT2D eigenvalue weighted by molar-refractivity contribution is 5.88. The van der Waals surface area contributed by atoms with E-state index in [0.717, 1.165) is 6.08 Å². The zero-order valence-electron chi connectivity index (χ0n) is 12.4. The molecule has 0 saturated carbocycles. The highest BCUT2D eigenvalue weighted by Crippen LogP contribution is 2.18. The quantitative estimate of drug-likeness (QED) is 0.370. The number of esters is 1. The van der Waals surface area contributed by atoms with Crippen molar-refractivity contribution in [3.63, 3.8) is 0 Å². The molecule has 0 aromatic carbocycles. The van der Waals surface area contributed by atoms with E-state index in [0.29, 0.717) is 6.42 Å². The number of hydrogen-bond donors (Lipinski definition) is 4. The minimum Gasteiger partial charge on any atom is -0.478 e. The van der Waals surface area contributed by atoms with Gasteiger partial charge in [-0.3, -0.25) is 0 Å². The summed E-state index contributed by atoms with van der Waals surface area (Å²) in [5.41, 5.74) is -0.435. The van der Waals surface area contributed by atoms with Crippen molar-refractivity contribution in [2.75, 3.05) is 26.9 Å². The number of rotatable bonds is 8. The molecule has 0 aliphatic heterocycles. The highest BCUT2D eigenvalue weighted by atomic mass is 16.5. The number of carboxylic acids is 1. The zero-order valence-corrected chi connectivity index (χ0v) is 12.4. The van der Waals surface area contributed by atoms with Gasteiger partial charge in [0.15, 0.2) is 0 Å². The summed E-state index contributed by atoms with van der Waals surface area (Å²) in [6.45, 7) is 4.76. The second-order valence-electron chi connectivity index (χ2n) is 4.37. The van der Waals surface area contributed by atoms with E-state index in [1.165, 1.54) is 13.2 Å². The molecule has 122 valence electrons. The summed E-state index contributed by atoms with van der Waals surface area (Å²) < 4.78 is 4.35. The molecule has 0 unspecified atom stereocenters. The van der Waals surface area contributed by atoms with Gasteiger partial charge in [-0.2, -0.15) is 0 Å². The van der Waals surface area contributed by atoms with E-state index in [-0.39, 0.29) is 31.8 Å². The molecule has 0 rings (SSSR count). The molecule has 0 spiro atoms. The number of carboxylic acid groups (broad SMARTS) is 1. The largest absolute Gasteiger partial charge is 0.478 e. The molecule has 0 radical (unpaired) electrons. The van der Waals surface area contributed by atoms with E-state index in [9.17, 15) is 9.59 Å². The van der Waals surface area contributed by atoms with Crippen LogP contribution in [0.25, 0.3) is 0 Å². The van der Waals surface area contributed by atoms with Crippen molar-refractivity contribution in [1.82, 2.24) is 0 Å². The number of allylic oxidation sites excluding steroid dienone is 1. The molecular weight excluding hydrogens is 280 g/mol. The van der Waals surface area contributed by atoms with Crippen molar-refractivity contribution in [3.8, 4) is 0 Å².